The lowest BCUT2D eigenvalue weighted by Crippen LogP contribution is -2.26. The van der Waals surface area contributed by atoms with E-state index in [2.05, 4.69) is 22.3 Å². The van der Waals surface area contributed by atoms with E-state index in [1.54, 1.807) is 25.3 Å². The van der Waals surface area contributed by atoms with Gasteiger partial charge in [0, 0.05) is 31.9 Å². The molecule has 0 saturated heterocycles. The Labute approximate surface area is 165 Å². The van der Waals surface area contributed by atoms with Crippen molar-refractivity contribution < 1.29 is 14.3 Å². The normalized spacial score (nSPS) is 10.7. The maximum atomic E-state index is 12.0. The fourth-order valence-electron chi connectivity index (χ4n) is 2.60. The van der Waals surface area contributed by atoms with Crippen LogP contribution in [0.25, 0.3) is 6.08 Å². The molecular formula is C21H25ClN2O3. The third-order valence-corrected chi connectivity index (χ3v) is 4.33. The van der Waals surface area contributed by atoms with Gasteiger partial charge < -0.3 is 19.7 Å². The fourth-order valence-corrected chi connectivity index (χ4v) is 2.90. The van der Waals surface area contributed by atoms with Crippen molar-refractivity contribution in [2.45, 2.75) is 6.42 Å². The lowest BCUT2D eigenvalue weighted by molar-refractivity contribution is -0.116. The van der Waals surface area contributed by atoms with E-state index >= 15 is 0 Å². The van der Waals surface area contributed by atoms with E-state index in [9.17, 15) is 4.79 Å². The van der Waals surface area contributed by atoms with E-state index in [4.69, 9.17) is 21.1 Å². The summed E-state index contributed by atoms with van der Waals surface area (Å²) in [5, 5.41) is 3.32. The first kappa shape index (κ1) is 20.6. The van der Waals surface area contributed by atoms with Crippen molar-refractivity contribution in [1.29, 1.82) is 0 Å². The van der Waals surface area contributed by atoms with Gasteiger partial charge in [0.05, 0.1) is 19.2 Å². The molecule has 2 rings (SSSR count). The number of nitrogens with one attached hydrogen (secondary N) is 1. The van der Waals surface area contributed by atoms with Crippen molar-refractivity contribution >= 4 is 29.3 Å². The predicted molar refractivity (Wildman–Crippen MR) is 111 cm³/mol. The summed E-state index contributed by atoms with van der Waals surface area (Å²) < 4.78 is 10.5. The number of rotatable bonds is 9. The highest BCUT2D eigenvalue weighted by Gasteiger charge is 2.09. The zero-order valence-corrected chi connectivity index (χ0v) is 16.6. The summed E-state index contributed by atoms with van der Waals surface area (Å²) in [7, 11) is 5.11. The summed E-state index contributed by atoms with van der Waals surface area (Å²) in [6.07, 6.45) is 4.03. The molecule has 0 aliphatic heterocycles. The molecule has 2 aromatic carbocycles. The molecule has 0 aromatic heterocycles. The molecule has 6 heteroatoms. The maximum absolute atomic E-state index is 12.0. The number of hydrogen-bond donors (Lipinski definition) is 1. The average Bonchev–Trinajstić information content (AvgIpc) is 2.69. The second kappa shape index (κ2) is 10.5. The summed E-state index contributed by atoms with van der Waals surface area (Å²) in [6.45, 7) is 1.46. The predicted octanol–water partition coefficient (Wildman–Crippen LogP) is 4.01. The number of carbonyl (C=O) groups excluding carboxylic acids is 1. The van der Waals surface area contributed by atoms with Gasteiger partial charge in [0.2, 0.25) is 5.91 Å². The van der Waals surface area contributed by atoms with Gasteiger partial charge in [-0.3, -0.25) is 4.79 Å². The van der Waals surface area contributed by atoms with Crippen molar-refractivity contribution in [3.63, 3.8) is 0 Å². The monoisotopic (exact) mass is 388 g/mol. The maximum Gasteiger partial charge on any atom is 0.244 e. The molecule has 1 N–H and O–H groups in total. The Kier molecular flexibility index (Phi) is 8.01. The Morgan fingerprint density at radius 2 is 1.93 bits per heavy atom. The molecule has 144 valence electrons. The van der Waals surface area contributed by atoms with Crippen LogP contribution >= 0.6 is 11.6 Å². The van der Waals surface area contributed by atoms with Crippen LogP contribution in [0.3, 0.4) is 0 Å². The largest absolute Gasteiger partial charge is 0.493 e. The summed E-state index contributed by atoms with van der Waals surface area (Å²) in [4.78, 5) is 14.2. The zero-order valence-electron chi connectivity index (χ0n) is 15.9. The Morgan fingerprint density at radius 3 is 2.59 bits per heavy atom. The van der Waals surface area contributed by atoms with Crippen molar-refractivity contribution in [3.8, 4) is 11.5 Å². The highest BCUT2D eigenvalue weighted by Crippen LogP contribution is 2.36. The summed E-state index contributed by atoms with van der Waals surface area (Å²) >= 11 is 6.17. The van der Waals surface area contributed by atoms with Crippen LogP contribution < -0.4 is 19.7 Å². The molecule has 1 amide bonds. The molecule has 27 heavy (non-hydrogen) atoms. The molecule has 0 spiro atoms. The Morgan fingerprint density at radius 1 is 1.19 bits per heavy atom. The van der Waals surface area contributed by atoms with Crippen LogP contribution in [0.2, 0.25) is 5.02 Å². The van der Waals surface area contributed by atoms with Crippen LogP contribution in [0.15, 0.2) is 48.5 Å². The fraction of sp³-hybridized carbons (Fsp3) is 0.286. The van der Waals surface area contributed by atoms with Crippen molar-refractivity contribution in [2.75, 3.05) is 39.3 Å². The number of amides is 1. The van der Waals surface area contributed by atoms with E-state index in [1.807, 2.05) is 25.2 Å². The van der Waals surface area contributed by atoms with Crippen LogP contribution in [-0.4, -0.2) is 40.3 Å². The molecule has 0 atom stereocenters. The second-order valence-electron chi connectivity index (χ2n) is 5.97. The van der Waals surface area contributed by atoms with Crippen LogP contribution in [-0.2, 0) is 4.79 Å². The first-order chi connectivity index (χ1) is 13.0. The zero-order chi connectivity index (χ0) is 19.6. The third kappa shape index (κ3) is 6.22. The Balaban J connectivity index is 1.81. The molecule has 0 unspecified atom stereocenters. The topological polar surface area (TPSA) is 50.8 Å². The highest BCUT2D eigenvalue weighted by molar-refractivity contribution is 6.32. The second-order valence-corrected chi connectivity index (χ2v) is 6.38. The smallest absolute Gasteiger partial charge is 0.244 e. The van der Waals surface area contributed by atoms with Gasteiger partial charge >= 0.3 is 0 Å². The molecule has 5 nitrogen and oxygen atoms in total. The van der Waals surface area contributed by atoms with Gasteiger partial charge in [0.25, 0.3) is 0 Å². The molecular weight excluding hydrogens is 364 g/mol. The lowest BCUT2D eigenvalue weighted by atomic mass is 10.2. The average molecular weight is 389 g/mol. The highest BCUT2D eigenvalue weighted by atomic mass is 35.5. The van der Waals surface area contributed by atoms with Crippen molar-refractivity contribution in [2.24, 2.45) is 0 Å². The van der Waals surface area contributed by atoms with Crippen LogP contribution in [0.5, 0.6) is 11.5 Å². The first-order valence-corrected chi connectivity index (χ1v) is 9.06. The molecule has 2 aromatic rings. The Hall–Kier alpha value is -2.66. The molecule has 0 aliphatic rings. The molecule has 0 heterocycles. The van der Waals surface area contributed by atoms with E-state index in [-0.39, 0.29) is 5.91 Å². The van der Waals surface area contributed by atoms with Crippen LogP contribution in [0.1, 0.15) is 12.0 Å². The minimum Gasteiger partial charge on any atom is -0.493 e. The minimum absolute atomic E-state index is 0.150. The number of carbonyl (C=O) groups is 1. The number of anilines is 1. The molecule has 0 saturated carbocycles. The molecule has 0 bridgehead atoms. The van der Waals surface area contributed by atoms with Gasteiger partial charge in [-0.2, -0.15) is 0 Å². The van der Waals surface area contributed by atoms with E-state index in [0.717, 1.165) is 24.2 Å². The number of methoxy groups -OCH3 is 2. The van der Waals surface area contributed by atoms with Gasteiger partial charge in [0.1, 0.15) is 0 Å². The van der Waals surface area contributed by atoms with Gasteiger partial charge in [-0.25, -0.2) is 0 Å². The number of hydrogen-bond acceptors (Lipinski definition) is 4. The van der Waals surface area contributed by atoms with Gasteiger partial charge in [-0.15, -0.1) is 0 Å². The van der Waals surface area contributed by atoms with E-state index in [0.29, 0.717) is 23.1 Å². The first-order valence-electron chi connectivity index (χ1n) is 8.68. The molecule has 0 fully saturated rings. The standard InChI is InChI=1S/C21H25ClN2O3/c1-24(17-8-5-4-6-9-17)13-7-12-23-20(25)11-10-16-14-18(22)21(27-3)19(15-16)26-2/h4-6,8-11,14-15H,7,12-13H2,1-3H3,(H,23,25)/b11-10+. The number of benzene rings is 2. The van der Waals surface area contributed by atoms with Gasteiger partial charge in [-0.1, -0.05) is 29.8 Å². The number of halogens is 1. The van der Waals surface area contributed by atoms with Gasteiger partial charge in [0.15, 0.2) is 11.5 Å². The van der Waals surface area contributed by atoms with Crippen LogP contribution in [0, 0.1) is 0 Å². The quantitative estimate of drug-likeness (QED) is 0.521. The van der Waals surface area contributed by atoms with Crippen molar-refractivity contribution in [1.82, 2.24) is 5.32 Å². The van der Waals surface area contributed by atoms with Gasteiger partial charge in [-0.05, 0) is 42.3 Å². The SMILES string of the molecule is COc1cc(/C=C/C(=O)NCCCN(C)c2ccccc2)cc(Cl)c1OC. The number of ether oxygens (including phenoxy) is 2. The summed E-state index contributed by atoms with van der Waals surface area (Å²) in [5.41, 5.74) is 1.92. The lowest BCUT2D eigenvalue weighted by Gasteiger charge is -2.19. The number of nitrogens with zero attached hydrogens (tertiary/aromatic N) is 1. The minimum atomic E-state index is -0.150. The summed E-state index contributed by atoms with van der Waals surface area (Å²) in [5.74, 6) is 0.848. The molecule has 0 radical (unpaired) electrons. The number of para-hydroxylation sites is 1. The van der Waals surface area contributed by atoms with E-state index in [1.165, 1.54) is 13.2 Å². The van der Waals surface area contributed by atoms with Crippen molar-refractivity contribution in [3.05, 3.63) is 59.1 Å². The summed E-state index contributed by atoms with van der Waals surface area (Å²) in [6, 6.07) is 13.6. The van der Waals surface area contributed by atoms with E-state index < -0.39 is 0 Å². The molecule has 0 aliphatic carbocycles. The van der Waals surface area contributed by atoms with Crippen LogP contribution in [0.4, 0.5) is 5.69 Å². The third-order valence-electron chi connectivity index (χ3n) is 4.05. The Bertz CT molecular complexity index is 778.